The van der Waals surface area contributed by atoms with Crippen molar-refractivity contribution in [2.45, 2.75) is 38.6 Å². The van der Waals surface area contributed by atoms with E-state index < -0.39 is 0 Å². The van der Waals surface area contributed by atoms with E-state index >= 15 is 0 Å². The number of halogens is 1. The first-order valence-corrected chi connectivity index (χ1v) is 11.2. The van der Waals surface area contributed by atoms with Crippen LogP contribution in [0.25, 0.3) is 23.2 Å². The van der Waals surface area contributed by atoms with Crippen molar-refractivity contribution in [3.63, 3.8) is 0 Å². The molecule has 0 bridgehead atoms. The van der Waals surface area contributed by atoms with Gasteiger partial charge in [-0.15, -0.1) is 0 Å². The van der Waals surface area contributed by atoms with Crippen molar-refractivity contribution >= 4 is 33.5 Å². The van der Waals surface area contributed by atoms with E-state index in [0.29, 0.717) is 12.0 Å². The fraction of sp³-hybridized carbons (Fsp3) is 0.500. The van der Waals surface area contributed by atoms with E-state index in [1.807, 2.05) is 19.3 Å². The predicted molar refractivity (Wildman–Crippen MR) is 122 cm³/mol. The van der Waals surface area contributed by atoms with Gasteiger partial charge in [-0.1, -0.05) is 5.57 Å². The average Bonchev–Trinajstić information content (AvgIpc) is 3.59. The molecule has 0 atom stereocenters. The molecule has 0 aromatic carbocycles. The zero-order valence-corrected chi connectivity index (χ0v) is 19.0. The van der Waals surface area contributed by atoms with Crippen LogP contribution in [0, 0.1) is 5.92 Å². The summed E-state index contributed by atoms with van der Waals surface area (Å²) >= 11 is 3.62. The van der Waals surface area contributed by atoms with Gasteiger partial charge < -0.3 is 15.5 Å². The zero-order chi connectivity index (χ0) is 20.4. The summed E-state index contributed by atoms with van der Waals surface area (Å²) in [6.45, 7) is 4.36. The molecule has 154 valence electrons. The van der Waals surface area contributed by atoms with Crippen molar-refractivity contribution in [3.8, 4) is 11.4 Å². The second-order valence-corrected chi connectivity index (χ2v) is 8.82. The van der Waals surface area contributed by atoms with E-state index in [0.717, 1.165) is 53.0 Å². The summed E-state index contributed by atoms with van der Waals surface area (Å²) in [5.74, 6) is 2.42. The van der Waals surface area contributed by atoms with Gasteiger partial charge in [0.25, 0.3) is 0 Å². The summed E-state index contributed by atoms with van der Waals surface area (Å²) < 4.78 is 0.904. The third kappa shape index (κ3) is 4.31. The van der Waals surface area contributed by atoms with Crippen molar-refractivity contribution in [2.24, 2.45) is 5.92 Å². The number of pyridine rings is 1. The molecule has 1 saturated carbocycles. The largest absolute Gasteiger partial charge is 0.392 e. The monoisotopic (exact) mass is 456 g/mol. The SMILES string of the molecule is CN/C=c1/nc(-c2ccncc2Br)nc(N(C)C2CCNCC2)/c1=C(/C)C1CC1. The van der Waals surface area contributed by atoms with Crippen LogP contribution in [0.5, 0.6) is 0 Å². The molecule has 1 aliphatic carbocycles. The van der Waals surface area contributed by atoms with Crippen molar-refractivity contribution in [1.82, 2.24) is 25.6 Å². The number of anilines is 1. The lowest BCUT2D eigenvalue weighted by Gasteiger charge is -2.33. The van der Waals surface area contributed by atoms with Crippen LogP contribution in [0.4, 0.5) is 5.82 Å². The maximum absolute atomic E-state index is 5.12. The van der Waals surface area contributed by atoms with Crippen LogP contribution in [0.2, 0.25) is 0 Å². The van der Waals surface area contributed by atoms with Gasteiger partial charge in [-0.3, -0.25) is 4.98 Å². The van der Waals surface area contributed by atoms with Crippen LogP contribution in [-0.2, 0) is 0 Å². The van der Waals surface area contributed by atoms with Gasteiger partial charge in [0.05, 0.1) is 5.35 Å². The highest BCUT2D eigenvalue weighted by Gasteiger charge is 2.27. The predicted octanol–water partition coefficient (Wildman–Crippen LogP) is 2.03. The summed E-state index contributed by atoms with van der Waals surface area (Å²) in [5, 5.41) is 8.82. The Morgan fingerprint density at radius 1 is 1.24 bits per heavy atom. The standard InChI is InChI=1S/C22H29BrN6/c1-14(15-4-5-15)20-19(13-24-2)27-21(17-8-11-26-12-18(17)23)28-22(20)29(3)16-6-9-25-10-7-16/h8,11-13,15-16,24-25H,4-7,9-10H2,1-3H3/b19-13+,20-14-. The molecule has 0 unspecified atom stereocenters. The lowest BCUT2D eigenvalue weighted by molar-refractivity contribution is 0.441. The van der Waals surface area contributed by atoms with Crippen molar-refractivity contribution in [3.05, 3.63) is 33.5 Å². The number of nitrogens with one attached hydrogen (secondary N) is 2. The second kappa shape index (κ2) is 8.79. The minimum absolute atomic E-state index is 0.480. The van der Waals surface area contributed by atoms with Gasteiger partial charge in [0, 0.05) is 54.0 Å². The molecular weight excluding hydrogens is 428 g/mol. The maximum Gasteiger partial charge on any atom is 0.163 e. The van der Waals surface area contributed by atoms with Crippen LogP contribution in [-0.4, -0.2) is 48.2 Å². The van der Waals surface area contributed by atoms with E-state index in [4.69, 9.17) is 9.97 Å². The van der Waals surface area contributed by atoms with E-state index in [-0.39, 0.29) is 0 Å². The Labute approximate surface area is 180 Å². The molecule has 0 amide bonds. The van der Waals surface area contributed by atoms with Gasteiger partial charge in [0.2, 0.25) is 0 Å². The summed E-state index contributed by atoms with van der Waals surface area (Å²) in [6.07, 6.45) is 10.4. The van der Waals surface area contributed by atoms with Gasteiger partial charge in [-0.05, 0) is 73.6 Å². The van der Waals surface area contributed by atoms with Gasteiger partial charge in [0.15, 0.2) is 5.82 Å². The second-order valence-electron chi connectivity index (χ2n) is 7.97. The number of aromatic nitrogens is 3. The van der Waals surface area contributed by atoms with E-state index in [9.17, 15) is 0 Å². The topological polar surface area (TPSA) is 66.0 Å². The average molecular weight is 457 g/mol. The molecule has 2 aromatic rings. The molecule has 3 heterocycles. The van der Waals surface area contributed by atoms with Gasteiger partial charge in [0.1, 0.15) is 5.82 Å². The lowest BCUT2D eigenvalue weighted by Crippen LogP contribution is -2.46. The first-order chi connectivity index (χ1) is 14.1. The van der Waals surface area contributed by atoms with E-state index in [1.165, 1.54) is 23.6 Å². The Bertz CT molecular complexity index is 995. The van der Waals surface area contributed by atoms with Gasteiger partial charge >= 0.3 is 0 Å². The third-order valence-electron chi connectivity index (χ3n) is 5.99. The third-order valence-corrected chi connectivity index (χ3v) is 6.62. The summed E-state index contributed by atoms with van der Waals surface area (Å²) in [4.78, 5) is 16.7. The fourth-order valence-electron chi connectivity index (χ4n) is 4.10. The van der Waals surface area contributed by atoms with Crippen LogP contribution >= 0.6 is 15.9 Å². The minimum atomic E-state index is 0.480. The molecule has 4 rings (SSSR count). The molecule has 2 aliphatic rings. The smallest absolute Gasteiger partial charge is 0.163 e. The Kier molecular flexibility index (Phi) is 6.15. The Balaban J connectivity index is 1.96. The van der Waals surface area contributed by atoms with Crippen LogP contribution < -0.4 is 26.1 Å². The summed E-state index contributed by atoms with van der Waals surface area (Å²) in [6, 6.07) is 2.45. The zero-order valence-electron chi connectivity index (χ0n) is 17.4. The molecule has 1 saturated heterocycles. The molecular formula is C22H29BrN6. The maximum atomic E-state index is 5.12. The molecule has 6 nitrogen and oxygen atoms in total. The molecule has 29 heavy (non-hydrogen) atoms. The fourth-order valence-corrected chi connectivity index (χ4v) is 4.53. The number of nitrogens with zero attached hydrogens (tertiary/aromatic N) is 4. The van der Waals surface area contributed by atoms with Gasteiger partial charge in [-0.25, -0.2) is 9.97 Å². The Morgan fingerprint density at radius 2 is 2.00 bits per heavy atom. The summed E-state index contributed by atoms with van der Waals surface area (Å²) in [7, 11) is 4.12. The minimum Gasteiger partial charge on any atom is -0.392 e. The van der Waals surface area contributed by atoms with E-state index in [2.05, 4.69) is 50.4 Å². The van der Waals surface area contributed by atoms with Crippen molar-refractivity contribution in [1.29, 1.82) is 0 Å². The molecule has 2 N–H and O–H groups in total. The summed E-state index contributed by atoms with van der Waals surface area (Å²) in [5.41, 5.74) is 2.36. The first-order valence-electron chi connectivity index (χ1n) is 10.4. The van der Waals surface area contributed by atoms with Gasteiger partial charge in [-0.2, -0.15) is 0 Å². The quantitative estimate of drug-likeness (QED) is 0.717. The van der Waals surface area contributed by atoms with E-state index in [1.54, 1.807) is 12.4 Å². The molecule has 0 spiro atoms. The van der Waals surface area contributed by atoms with Crippen molar-refractivity contribution in [2.75, 3.05) is 32.1 Å². The lowest BCUT2D eigenvalue weighted by atomic mass is 10.0. The number of hydrogen-bond donors (Lipinski definition) is 2. The normalized spacial score (nSPS) is 19.2. The highest BCUT2D eigenvalue weighted by molar-refractivity contribution is 9.10. The Hall–Kier alpha value is -1.99. The molecule has 0 radical (unpaired) electrons. The number of piperidine rings is 1. The van der Waals surface area contributed by atoms with Crippen LogP contribution in [0.3, 0.4) is 0 Å². The van der Waals surface area contributed by atoms with Crippen molar-refractivity contribution < 1.29 is 0 Å². The molecule has 2 fully saturated rings. The highest BCUT2D eigenvalue weighted by atomic mass is 79.9. The molecule has 2 aromatic heterocycles. The highest BCUT2D eigenvalue weighted by Crippen LogP contribution is 2.36. The first kappa shape index (κ1) is 20.3. The number of hydrogen-bond acceptors (Lipinski definition) is 6. The number of rotatable bonds is 5. The Morgan fingerprint density at radius 3 is 2.66 bits per heavy atom. The van der Waals surface area contributed by atoms with Crippen LogP contribution in [0.15, 0.2) is 22.9 Å². The molecule has 1 aliphatic heterocycles. The molecule has 7 heteroatoms. The van der Waals surface area contributed by atoms with Crippen LogP contribution in [0.1, 0.15) is 32.6 Å².